The molecule has 0 atom stereocenters. The summed E-state index contributed by atoms with van der Waals surface area (Å²) >= 11 is 1.21. The SMILES string of the molecule is C/C(=N\Nc1nnc(SCC(=O)NCc2ccccc2)n1N)c1ccccc1. The van der Waals surface area contributed by atoms with Crippen LogP contribution < -0.4 is 16.6 Å². The van der Waals surface area contributed by atoms with Crippen LogP contribution in [0.2, 0.25) is 0 Å². The Kier molecular flexibility index (Phi) is 6.64. The predicted molar refractivity (Wildman–Crippen MR) is 111 cm³/mol. The molecule has 0 spiro atoms. The van der Waals surface area contributed by atoms with E-state index in [9.17, 15) is 4.79 Å². The van der Waals surface area contributed by atoms with E-state index in [1.54, 1.807) is 0 Å². The molecule has 0 fully saturated rings. The van der Waals surface area contributed by atoms with Gasteiger partial charge in [0.2, 0.25) is 11.1 Å². The van der Waals surface area contributed by atoms with Crippen molar-refractivity contribution < 1.29 is 4.79 Å². The molecule has 8 nitrogen and oxygen atoms in total. The lowest BCUT2D eigenvalue weighted by Gasteiger charge is -2.06. The molecule has 4 N–H and O–H groups in total. The van der Waals surface area contributed by atoms with E-state index in [1.807, 2.05) is 67.6 Å². The van der Waals surface area contributed by atoms with E-state index in [1.165, 1.54) is 16.4 Å². The van der Waals surface area contributed by atoms with Crippen LogP contribution >= 0.6 is 11.8 Å². The van der Waals surface area contributed by atoms with Gasteiger partial charge in [0.15, 0.2) is 0 Å². The van der Waals surface area contributed by atoms with Gasteiger partial charge in [-0.05, 0) is 18.1 Å². The summed E-state index contributed by atoms with van der Waals surface area (Å²) in [7, 11) is 0. The second-order valence-electron chi connectivity index (χ2n) is 5.90. The fourth-order valence-electron chi connectivity index (χ4n) is 2.31. The molecule has 0 aliphatic rings. The first kappa shape index (κ1) is 19.4. The molecule has 3 aromatic rings. The zero-order chi connectivity index (χ0) is 19.8. The number of hydrazone groups is 1. The number of carbonyl (C=O) groups excluding carboxylic acids is 1. The highest BCUT2D eigenvalue weighted by atomic mass is 32.2. The minimum atomic E-state index is -0.107. The Morgan fingerprint density at radius 2 is 1.79 bits per heavy atom. The van der Waals surface area contributed by atoms with Crippen LogP contribution in [0.4, 0.5) is 5.95 Å². The first-order valence-corrected chi connectivity index (χ1v) is 9.61. The fraction of sp³-hybridized carbons (Fsp3) is 0.158. The summed E-state index contributed by atoms with van der Waals surface area (Å²) in [4.78, 5) is 12.0. The van der Waals surface area contributed by atoms with Gasteiger partial charge in [-0.25, -0.2) is 10.1 Å². The number of benzene rings is 2. The van der Waals surface area contributed by atoms with E-state index in [2.05, 4.69) is 26.0 Å². The lowest BCUT2D eigenvalue weighted by molar-refractivity contribution is -0.118. The van der Waals surface area contributed by atoms with E-state index >= 15 is 0 Å². The average molecular weight is 395 g/mol. The minimum Gasteiger partial charge on any atom is -0.351 e. The number of rotatable bonds is 8. The third kappa shape index (κ3) is 5.34. The standard InChI is InChI=1S/C19H21N7OS/c1-14(16-10-6-3-7-11-16)22-23-18-24-25-19(26(18)20)28-13-17(27)21-12-15-8-4-2-5-9-15/h2-11H,12-13,20H2,1H3,(H,21,27)(H,23,24)/b22-14+. The number of anilines is 1. The molecule has 0 saturated carbocycles. The van der Waals surface area contributed by atoms with E-state index in [0.717, 1.165) is 16.8 Å². The van der Waals surface area contributed by atoms with E-state index < -0.39 is 0 Å². The van der Waals surface area contributed by atoms with Crippen molar-refractivity contribution in [3.8, 4) is 0 Å². The number of nitrogens with two attached hydrogens (primary N) is 1. The predicted octanol–water partition coefficient (Wildman–Crippen LogP) is 2.24. The third-order valence-electron chi connectivity index (χ3n) is 3.84. The first-order valence-electron chi connectivity index (χ1n) is 8.63. The summed E-state index contributed by atoms with van der Waals surface area (Å²) in [5.41, 5.74) is 5.63. The summed E-state index contributed by atoms with van der Waals surface area (Å²) in [6, 6.07) is 19.5. The van der Waals surface area contributed by atoms with Gasteiger partial charge in [-0.1, -0.05) is 72.4 Å². The number of nitrogens with one attached hydrogen (secondary N) is 2. The zero-order valence-corrected chi connectivity index (χ0v) is 16.2. The number of amides is 1. The van der Waals surface area contributed by atoms with Crippen LogP contribution in [-0.4, -0.2) is 32.2 Å². The van der Waals surface area contributed by atoms with Crippen molar-refractivity contribution in [2.24, 2.45) is 5.10 Å². The maximum atomic E-state index is 12.0. The normalized spacial score (nSPS) is 11.2. The Hall–Kier alpha value is -3.33. The van der Waals surface area contributed by atoms with Crippen molar-refractivity contribution in [2.45, 2.75) is 18.6 Å². The van der Waals surface area contributed by atoms with Crippen LogP contribution in [0.1, 0.15) is 18.1 Å². The quantitative estimate of drug-likeness (QED) is 0.233. The van der Waals surface area contributed by atoms with Gasteiger partial charge in [-0.2, -0.15) is 5.10 Å². The van der Waals surface area contributed by atoms with Crippen LogP contribution in [0.3, 0.4) is 0 Å². The van der Waals surface area contributed by atoms with Gasteiger partial charge >= 0.3 is 0 Å². The summed E-state index contributed by atoms with van der Waals surface area (Å²) < 4.78 is 1.27. The molecule has 1 heterocycles. The van der Waals surface area contributed by atoms with Crippen molar-refractivity contribution in [1.82, 2.24) is 20.2 Å². The highest BCUT2D eigenvalue weighted by Crippen LogP contribution is 2.16. The van der Waals surface area contributed by atoms with Gasteiger partial charge < -0.3 is 11.2 Å². The smallest absolute Gasteiger partial charge is 0.264 e. The molecular formula is C19H21N7OS. The monoisotopic (exact) mass is 395 g/mol. The molecular weight excluding hydrogens is 374 g/mol. The molecule has 1 aromatic heterocycles. The number of carbonyl (C=O) groups is 1. The van der Waals surface area contributed by atoms with Crippen molar-refractivity contribution in [1.29, 1.82) is 0 Å². The van der Waals surface area contributed by atoms with E-state index in [4.69, 9.17) is 5.84 Å². The molecule has 0 aliphatic carbocycles. The number of aromatic nitrogens is 3. The first-order chi connectivity index (χ1) is 13.6. The molecule has 0 aliphatic heterocycles. The van der Waals surface area contributed by atoms with Crippen LogP contribution in [0.25, 0.3) is 0 Å². The number of hydrogen-bond donors (Lipinski definition) is 3. The molecule has 0 bridgehead atoms. The third-order valence-corrected chi connectivity index (χ3v) is 4.79. The maximum absolute atomic E-state index is 12.0. The van der Waals surface area contributed by atoms with Gasteiger partial charge in [-0.15, -0.1) is 10.2 Å². The van der Waals surface area contributed by atoms with Gasteiger partial charge in [0.05, 0.1) is 11.5 Å². The zero-order valence-electron chi connectivity index (χ0n) is 15.4. The molecule has 0 unspecified atom stereocenters. The number of nitrogens with zero attached hydrogens (tertiary/aromatic N) is 4. The topological polar surface area (TPSA) is 110 Å². The molecule has 28 heavy (non-hydrogen) atoms. The second-order valence-corrected chi connectivity index (χ2v) is 6.84. The maximum Gasteiger partial charge on any atom is 0.264 e. The Morgan fingerprint density at radius 3 is 2.50 bits per heavy atom. The number of thioether (sulfide) groups is 1. The Labute approximate surface area is 167 Å². The van der Waals surface area contributed by atoms with Crippen LogP contribution in [-0.2, 0) is 11.3 Å². The van der Waals surface area contributed by atoms with Crippen molar-refractivity contribution in [3.63, 3.8) is 0 Å². The molecule has 144 valence electrons. The number of hydrogen-bond acceptors (Lipinski definition) is 7. The lowest BCUT2D eigenvalue weighted by Crippen LogP contribution is -2.25. The molecule has 3 rings (SSSR count). The van der Waals surface area contributed by atoms with E-state index in [-0.39, 0.29) is 11.7 Å². The summed E-state index contributed by atoms with van der Waals surface area (Å²) in [6.07, 6.45) is 0. The van der Waals surface area contributed by atoms with Gasteiger partial charge in [-0.3, -0.25) is 4.79 Å². The molecule has 9 heteroatoms. The Bertz CT molecular complexity index is 941. The lowest BCUT2D eigenvalue weighted by atomic mass is 10.1. The molecule has 2 aromatic carbocycles. The highest BCUT2D eigenvalue weighted by molar-refractivity contribution is 7.99. The summed E-state index contributed by atoms with van der Waals surface area (Å²) in [5.74, 6) is 6.36. The van der Waals surface area contributed by atoms with Gasteiger partial charge in [0.25, 0.3) is 5.95 Å². The van der Waals surface area contributed by atoms with Crippen molar-refractivity contribution >= 4 is 29.3 Å². The fourth-order valence-corrected chi connectivity index (χ4v) is 2.99. The second kappa shape index (κ2) is 9.56. The summed E-state index contributed by atoms with van der Waals surface area (Å²) in [5, 5.41) is 15.5. The molecule has 0 saturated heterocycles. The van der Waals surface area contributed by atoms with Crippen LogP contribution in [0, 0.1) is 0 Å². The molecule has 0 radical (unpaired) electrons. The molecule has 1 amide bonds. The number of nitrogen functional groups attached to an aromatic ring is 1. The van der Waals surface area contributed by atoms with Crippen LogP contribution in [0.5, 0.6) is 0 Å². The Morgan fingerprint density at radius 1 is 1.11 bits per heavy atom. The average Bonchev–Trinajstić information content (AvgIpc) is 3.09. The van der Waals surface area contributed by atoms with Crippen molar-refractivity contribution in [2.75, 3.05) is 17.0 Å². The van der Waals surface area contributed by atoms with Crippen molar-refractivity contribution in [3.05, 3.63) is 71.8 Å². The minimum absolute atomic E-state index is 0.107. The highest BCUT2D eigenvalue weighted by Gasteiger charge is 2.12. The summed E-state index contributed by atoms with van der Waals surface area (Å²) in [6.45, 7) is 2.36. The van der Waals surface area contributed by atoms with Gasteiger partial charge in [0.1, 0.15) is 0 Å². The van der Waals surface area contributed by atoms with Gasteiger partial charge in [0, 0.05) is 6.54 Å². The largest absolute Gasteiger partial charge is 0.351 e. The Balaban J connectivity index is 1.51. The van der Waals surface area contributed by atoms with Crippen LogP contribution in [0.15, 0.2) is 70.9 Å². The van der Waals surface area contributed by atoms with E-state index in [0.29, 0.717) is 17.6 Å².